The maximum absolute atomic E-state index is 12.5. The first-order valence-electron chi connectivity index (χ1n) is 6.66. The normalized spacial score (nSPS) is 29.7. The number of carbonyl (C=O) groups is 1. The van der Waals surface area contributed by atoms with Gasteiger partial charge in [0.2, 0.25) is 0 Å². The van der Waals surface area contributed by atoms with Crippen molar-refractivity contribution in [3.8, 4) is 0 Å². The van der Waals surface area contributed by atoms with Crippen molar-refractivity contribution < 1.29 is 18.0 Å². The summed E-state index contributed by atoms with van der Waals surface area (Å²) in [7, 11) is 0. The van der Waals surface area contributed by atoms with E-state index in [1.54, 1.807) is 0 Å². The first-order valence-corrected chi connectivity index (χ1v) is 6.66. The van der Waals surface area contributed by atoms with Crippen LogP contribution in [0.2, 0.25) is 0 Å². The fraction of sp³-hybridized carbons (Fsp3) is 0.533. The van der Waals surface area contributed by atoms with E-state index < -0.39 is 11.7 Å². The van der Waals surface area contributed by atoms with E-state index in [1.165, 1.54) is 18.6 Å². The summed E-state index contributed by atoms with van der Waals surface area (Å²) in [4.78, 5) is 12.3. The summed E-state index contributed by atoms with van der Waals surface area (Å²) < 4.78 is 37.4. The van der Waals surface area contributed by atoms with Gasteiger partial charge in [-0.05, 0) is 43.2 Å². The quantitative estimate of drug-likeness (QED) is 0.730. The first-order chi connectivity index (χ1) is 8.95. The monoisotopic (exact) mass is 268 g/mol. The molecule has 0 aliphatic heterocycles. The smallest absolute Gasteiger partial charge is 0.294 e. The minimum absolute atomic E-state index is 0.0286. The zero-order valence-corrected chi connectivity index (χ0v) is 10.4. The van der Waals surface area contributed by atoms with Gasteiger partial charge in [-0.1, -0.05) is 18.6 Å². The molecule has 3 unspecified atom stereocenters. The minimum atomic E-state index is -4.34. The average Bonchev–Trinajstić information content (AvgIpc) is 2.99. The van der Waals surface area contributed by atoms with Crippen LogP contribution in [0.3, 0.4) is 0 Å². The Kier molecular flexibility index (Phi) is 2.91. The third-order valence-corrected chi connectivity index (χ3v) is 4.57. The summed E-state index contributed by atoms with van der Waals surface area (Å²) in [6, 6.07) is 4.63. The Labute approximate surface area is 109 Å². The number of carbonyl (C=O) groups excluding carboxylic acids is 1. The number of alkyl halides is 3. The van der Waals surface area contributed by atoms with E-state index in [0.29, 0.717) is 17.4 Å². The predicted octanol–water partition coefficient (Wildman–Crippen LogP) is 4.32. The van der Waals surface area contributed by atoms with E-state index in [-0.39, 0.29) is 11.7 Å². The summed E-state index contributed by atoms with van der Waals surface area (Å²) in [5.74, 6) is 1.18. The van der Waals surface area contributed by atoms with Crippen LogP contribution in [0.4, 0.5) is 13.2 Å². The lowest BCUT2D eigenvalue weighted by Crippen LogP contribution is -2.21. The summed E-state index contributed by atoms with van der Waals surface area (Å²) in [5.41, 5.74) is -0.275. The van der Waals surface area contributed by atoms with Gasteiger partial charge in [-0.3, -0.25) is 4.79 Å². The lowest BCUT2D eigenvalue weighted by Gasteiger charge is -2.20. The fourth-order valence-corrected chi connectivity index (χ4v) is 3.60. The lowest BCUT2D eigenvalue weighted by molar-refractivity contribution is -0.137. The van der Waals surface area contributed by atoms with E-state index in [4.69, 9.17) is 0 Å². The van der Waals surface area contributed by atoms with Gasteiger partial charge >= 0.3 is 6.18 Å². The third-order valence-electron chi connectivity index (χ3n) is 4.57. The summed E-state index contributed by atoms with van der Waals surface area (Å²) in [5, 5.41) is 0. The number of halogens is 3. The molecule has 4 heteroatoms. The van der Waals surface area contributed by atoms with Gasteiger partial charge in [-0.15, -0.1) is 0 Å². The molecule has 3 rings (SSSR count). The Morgan fingerprint density at radius 2 is 1.74 bits per heavy atom. The molecule has 1 nitrogen and oxygen atoms in total. The molecular formula is C15H15F3O. The van der Waals surface area contributed by atoms with Gasteiger partial charge in [0.1, 0.15) is 0 Å². The molecule has 1 aromatic rings. The summed E-state index contributed by atoms with van der Waals surface area (Å²) in [6.45, 7) is 0. The number of hydrogen-bond donors (Lipinski definition) is 0. The Bertz CT molecular complexity index is 489. The van der Waals surface area contributed by atoms with Gasteiger partial charge in [0.25, 0.3) is 0 Å². The second-order valence-corrected chi connectivity index (χ2v) is 5.72. The SMILES string of the molecule is O=C(c1ccc(C(F)(F)F)cc1)C1CC2CCC1C2. The van der Waals surface area contributed by atoms with E-state index in [1.807, 2.05) is 0 Å². The van der Waals surface area contributed by atoms with Crippen molar-refractivity contribution in [1.29, 1.82) is 0 Å². The van der Waals surface area contributed by atoms with Crippen LogP contribution in [0.25, 0.3) is 0 Å². The van der Waals surface area contributed by atoms with Gasteiger partial charge in [0.05, 0.1) is 5.56 Å². The highest BCUT2D eigenvalue weighted by molar-refractivity contribution is 5.98. The van der Waals surface area contributed by atoms with Crippen molar-refractivity contribution in [3.05, 3.63) is 35.4 Å². The van der Waals surface area contributed by atoms with Crippen molar-refractivity contribution in [2.75, 3.05) is 0 Å². The molecule has 0 N–H and O–H groups in total. The molecule has 0 spiro atoms. The topological polar surface area (TPSA) is 17.1 Å². The Morgan fingerprint density at radius 1 is 1.05 bits per heavy atom. The van der Waals surface area contributed by atoms with Gasteiger partial charge in [-0.25, -0.2) is 0 Å². The second kappa shape index (κ2) is 4.36. The molecule has 2 aliphatic rings. The number of benzene rings is 1. The number of rotatable bonds is 2. The molecule has 2 saturated carbocycles. The second-order valence-electron chi connectivity index (χ2n) is 5.72. The van der Waals surface area contributed by atoms with Gasteiger partial charge < -0.3 is 0 Å². The number of fused-ring (bicyclic) bond motifs is 2. The van der Waals surface area contributed by atoms with Crippen molar-refractivity contribution in [3.63, 3.8) is 0 Å². The predicted molar refractivity (Wildman–Crippen MR) is 64.7 cm³/mol. The van der Waals surface area contributed by atoms with Crippen molar-refractivity contribution in [2.45, 2.75) is 31.9 Å². The lowest BCUT2D eigenvalue weighted by atomic mass is 9.83. The van der Waals surface area contributed by atoms with Crippen LogP contribution < -0.4 is 0 Å². The first kappa shape index (κ1) is 12.7. The van der Waals surface area contributed by atoms with Gasteiger partial charge in [0, 0.05) is 11.5 Å². The number of hydrogen-bond acceptors (Lipinski definition) is 1. The number of Topliss-reactive ketones (excluding diaryl/α,β-unsaturated/α-hetero) is 1. The molecular weight excluding hydrogens is 253 g/mol. The zero-order valence-electron chi connectivity index (χ0n) is 10.4. The highest BCUT2D eigenvalue weighted by atomic mass is 19.4. The van der Waals surface area contributed by atoms with Crippen LogP contribution in [0.1, 0.15) is 41.6 Å². The van der Waals surface area contributed by atoms with E-state index >= 15 is 0 Å². The molecule has 0 amide bonds. The molecule has 0 saturated heterocycles. The molecule has 0 aromatic heterocycles. The highest BCUT2D eigenvalue weighted by Crippen LogP contribution is 2.49. The molecule has 0 radical (unpaired) electrons. The van der Waals surface area contributed by atoms with Crippen LogP contribution in [-0.2, 0) is 6.18 Å². The van der Waals surface area contributed by atoms with Gasteiger partial charge in [-0.2, -0.15) is 13.2 Å². The molecule has 2 fully saturated rings. The standard InChI is InChI=1S/C15H15F3O/c16-15(17,18)12-5-3-10(4-6-12)14(19)13-8-9-1-2-11(13)7-9/h3-6,9,11,13H,1-2,7-8H2. The number of ketones is 1. The summed E-state index contributed by atoms with van der Waals surface area (Å²) in [6.07, 6.45) is 0.0126. The van der Waals surface area contributed by atoms with Crippen molar-refractivity contribution in [2.24, 2.45) is 17.8 Å². The third kappa shape index (κ3) is 2.28. The van der Waals surface area contributed by atoms with Crippen LogP contribution in [0, 0.1) is 17.8 Å². The van der Waals surface area contributed by atoms with Crippen LogP contribution in [0.15, 0.2) is 24.3 Å². The molecule has 19 heavy (non-hydrogen) atoms. The average molecular weight is 268 g/mol. The van der Waals surface area contributed by atoms with Crippen molar-refractivity contribution >= 4 is 5.78 Å². The Balaban J connectivity index is 1.77. The fourth-order valence-electron chi connectivity index (χ4n) is 3.60. The molecule has 2 bridgehead atoms. The molecule has 2 aliphatic carbocycles. The maximum Gasteiger partial charge on any atom is 0.416 e. The minimum Gasteiger partial charge on any atom is -0.294 e. The maximum atomic E-state index is 12.5. The van der Waals surface area contributed by atoms with Crippen LogP contribution in [0.5, 0.6) is 0 Å². The van der Waals surface area contributed by atoms with E-state index in [9.17, 15) is 18.0 Å². The largest absolute Gasteiger partial charge is 0.416 e. The summed E-state index contributed by atoms with van der Waals surface area (Å²) >= 11 is 0. The highest BCUT2D eigenvalue weighted by Gasteiger charge is 2.43. The van der Waals surface area contributed by atoms with E-state index in [0.717, 1.165) is 31.4 Å². The zero-order chi connectivity index (χ0) is 13.6. The van der Waals surface area contributed by atoms with Crippen LogP contribution in [-0.4, -0.2) is 5.78 Å². The Hall–Kier alpha value is -1.32. The van der Waals surface area contributed by atoms with Crippen LogP contribution >= 0.6 is 0 Å². The molecule has 102 valence electrons. The molecule has 3 atom stereocenters. The van der Waals surface area contributed by atoms with E-state index in [2.05, 4.69) is 0 Å². The van der Waals surface area contributed by atoms with Gasteiger partial charge in [0.15, 0.2) is 5.78 Å². The Morgan fingerprint density at radius 3 is 2.21 bits per heavy atom. The molecule has 0 heterocycles. The molecule has 1 aromatic carbocycles. The van der Waals surface area contributed by atoms with Crippen molar-refractivity contribution in [1.82, 2.24) is 0 Å².